The number of hydrogen-bond acceptors (Lipinski definition) is 7. The van der Waals surface area contributed by atoms with Gasteiger partial charge in [0.1, 0.15) is 12.4 Å². The highest BCUT2D eigenvalue weighted by atomic mass is 19.1. The fourth-order valence-electron chi connectivity index (χ4n) is 3.32. The summed E-state index contributed by atoms with van der Waals surface area (Å²) < 4.78 is 14.7. The van der Waals surface area contributed by atoms with Gasteiger partial charge in [-0.3, -0.25) is 4.79 Å². The highest BCUT2D eigenvalue weighted by Crippen LogP contribution is 2.26. The Balaban J connectivity index is 0.000000947. The number of aromatic nitrogens is 5. The molecule has 0 spiro atoms. The van der Waals surface area contributed by atoms with Crippen molar-refractivity contribution in [2.24, 2.45) is 10.2 Å². The fourth-order valence-corrected chi connectivity index (χ4v) is 3.32. The van der Waals surface area contributed by atoms with Crippen LogP contribution in [-0.2, 0) is 6.54 Å². The molecule has 200 valence electrons. The van der Waals surface area contributed by atoms with Crippen molar-refractivity contribution in [2.75, 3.05) is 12.4 Å². The van der Waals surface area contributed by atoms with E-state index in [2.05, 4.69) is 36.9 Å². The number of nitrogens with zero attached hydrogens (tertiary/aromatic N) is 6. The number of halogens is 1. The van der Waals surface area contributed by atoms with Crippen molar-refractivity contribution in [3.05, 3.63) is 83.3 Å². The smallest absolute Gasteiger partial charge is 0.281 e. The van der Waals surface area contributed by atoms with Gasteiger partial charge in [0.2, 0.25) is 0 Å². The first kappa shape index (κ1) is 29.8. The topological polar surface area (TPSA) is 127 Å². The molecule has 4 aromatic rings. The lowest BCUT2D eigenvalue weighted by Crippen LogP contribution is -2.12. The van der Waals surface area contributed by atoms with Crippen molar-refractivity contribution in [3.8, 4) is 11.5 Å². The Kier molecular flexibility index (Phi) is 12.2. The normalized spacial score (nSPS) is 11.0. The predicted molar refractivity (Wildman–Crippen MR) is 153 cm³/mol. The highest BCUT2D eigenvalue weighted by Gasteiger charge is 2.17. The van der Waals surface area contributed by atoms with Gasteiger partial charge in [0.25, 0.3) is 5.56 Å². The van der Waals surface area contributed by atoms with E-state index in [4.69, 9.17) is 5.73 Å². The molecule has 0 aliphatic rings. The van der Waals surface area contributed by atoms with Gasteiger partial charge >= 0.3 is 0 Å². The number of rotatable bonds is 8. The third kappa shape index (κ3) is 7.76. The molecule has 0 aliphatic heterocycles. The first-order valence-corrected chi connectivity index (χ1v) is 12.5. The molecule has 10 heteroatoms. The minimum absolute atomic E-state index is 0.0570. The third-order valence-electron chi connectivity index (χ3n) is 5.07. The quantitative estimate of drug-likeness (QED) is 0.190. The molecule has 3 aromatic heterocycles. The largest absolute Gasteiger partial charge is 0.382 e. The molecule has 0 saturated carbocycles. The molecule has 3 N–H and O–H groups in total. The van der Waals surface area contributed by atoms with Crippen molar-refractivity contribution in [3.63, 3.8) is 0 Å². The fraction of sp³-hybridized carbons (Fsp3) is 0.286. The molecular weight excluding hydrogens is 483 g/mol. The van der Waals surface area contributed by atoms with Crippen LogP contribution in [0.25, 0.3) is 22.6 Å². The van der Waals surface area contributed by atoms with Crippen LogP contribution >= 0.6 is 0 Å². The van der Waals surface area contributed by atoms with Crippen LogP contribution in [0.1, 0.15) is 40.5 Å². The Hall–Kier alpha value is -4.47. The summed E-state index contributed by atoms with van der Waals surface area (Å²) in [5.41, 5.74) is 7.85. The predicted octanol–water partition coefficient (Wildman–Crippen LogP) is 7.09. The number of benzene rings is 1. The number of aromatic amines is 1. The molecule has 0 aliphatic carbocycles. The number of alkyl halides is 1. The highest BCUT2D eigenvalue weighted by molar-refractivity contribution is 5.89. The Morgan fingerprint density at radius 2 is 1.89 bits per heavy atom. The van der Waals surface area contributed by atoms with E-state index < -0.39 is 12.2 Å². The lowest BCUT2D eigenvalue weighted by Gasteiger charge is -2.02. The Bertz CT molecular complexity index is 1420. The van der Waals surface area contributed by atoms with Crippen molar-refractivity contribution in [1.82, 2.24) is 24.7 Å². The maximum Gasteiger partial charge on any atom is 0.281 e. The summed E-state index contributed by atoms with van der Waals surface area (Å²) in [6, 6.07) is 12.6. The van der Waals surface area contributed by atoms with Gasteiger partial charge in [0.05, 0.1) is 11.1 Å². The molecular formula is C28H35FN8O. The van der Waals surface area contributed by atoms with E-state index >= 15 is 0 Å². The molecule has 1 aromatic carbocycles. The summed E-state index contributed by atoms with van der Waals surface area (Å²) >= 11 is 0. The number of H-pyrrole nitrogens is 1. The standard InChI is InChI=1S/C23H23FN8O.C3H6.C2H6/c1-2-15(14-24)8-7-13-32-22-17(11-6-12-26-22)18(31-32)21-27-20(25)19(23(33)28-21)30-29-16-9-4-3-5-10-16;1-3-2;1-2/h3-6,8-12H,2,7,13-14H2,1H3,(H3,25,27,28,33);3H,1H2,2H3;1-2H3/b15-8-,30-29?;;. The van der Waals surface area contributed by atoms with Gasteiger partial charge in [-0.2, -0.15) is 10.2 Å². The summed E-state index contributed by atoms with van der Waals surface area (Å²) in [7, 11) is 0. The third-order valence-corrected chi connectivity index (χ3v) is 5.07. The molecule has 0 amide bonds. The zero-order valence-corrected chi connectivity index (χ0v) is 22.4. The minimum atomic E-state index is -0.526. The van der Waals surface area contributed by atoms with Crippen LogP contribution in [0.15, 0.2) is 88.0 Å². The SMILES string of the molecule is C=CC.CC.CC/C(=C/CCn1nc(-c2nc(N)c(N=Nc3ccccc3)c(=O)[nH]2)c2cccnc21)CF. The zero-order valence-electron chi connectivity index (χ0n) is 22.4. The number of fused-ring (bicyclic) bond motifs is 1. The number of anilines is 1. The van der Waals surface area contributed by atoms with E-state index in [0.717, 1.165) is 5.57 Å². The summed E-state index contributed by atoms with van der Waals surface area (Å²) in [5, 5.41) is 13.3. The number of nitrogen functional groups attached to an aromatic ring is 1. The number of azo groups is 1. The number of nitrogens with two attached hydrogens (primary N) is 1. The monoisotopic (exact) mass is 518 g/mol. The Morgan fingerprint density at radius 3 is 2.53 bits per heavy atom. The average molecular weight is 519 g/mol. The lowest BCUT2D eigenvalue weighted by molar-refractivity contribution is 0.531. The molecule has 3 heterocycles. The molecule has 38 heavy (non-hydrogen) atoms. The van der Waals surface area contributed by atoms with Crippen molar-refractivity contribution in [2.45, 2.75) is 47.1 Å². The molecule has 0 bridgehead atoms. The van der Waals surface area contributed by atoms with Crippen LogP contribution in [0.4, 0.5) is 21.6 Å². The van der Waals surface area contributed by atoms with Crippen molar-refractivity contribution in [1.29, 1.82) is 0 Å². The van der Waals surface area contributed by atoms with Crippen molar-refractivity contribution >= 4 is 28.2 Å². The number of hydrogen-bond donors (Lipinski definition) is 2. The van der Waals surface area contributed by atoms with Gasteiger partial charge in [-0.15, -0.1) is 11.7 Å². The second kappa shape index (κ2) is 15.6. The molecule has 9 nitrogen and oxygen atoms in total. The van der Waals surface area contributed by atoms with Gasteiger partial charge in [-0.1, -0.05) is 51.1 Å². The average Bonchev–Trinajstić information content (AvgIpc) is 3.31. The van der Waals surface area contributed by atoms with E-state index in [9.17, 15) is 9.18 Å². The summed E-state index contributed by atoms with van der Waals surface area (Å²) in [6.07, 6.45) is 6.56. The minimum Gasteiger partial charge on any atom is -0.382 e. The molecule has 4 rings (SSSR count). The molecule has 0 unspecified atom stereocenters. The van der Waals surface area contributed by atoms with Crippen LogP contribution in [0.3, 0.4) is 0 Å². The summed E-state index contributed by atoms with van der Waals surface area (Å²) in [5.74, 6) is 0.153. The molecule has 0 radical (unpaired) electrons. The van der Waals surface area contributed by atoms with Crippen LogP contribution in [0.5, 0.6) is 0 Å². The van der Waals surface area contributed by atoms with E-state index in [1.165, 1.54) is 0 Å². The van der Waals surface area contributed by atoms with Crippen molar-refractivity contribution < 1.29 is 4.39 Å². The van der Waals surface area contributed by atoms with Gasteiger partial charge in [-0.25, -0.2) is 19.0 Å². The molecule has 0 atom stereocenters. The number of nitrogens with one attached hydrogen (secondary N) is 1. The van der Waals surface area contributed by atoms with E-state index in [1.807, 2.05) is 58.0 Å². The van der Waals surface area contributed by atoms with Gasteiger partial charge < -0.3 is 10.7 Å². The van der Waals surface area contributed by atoms with Gasteiger partial charge in [0, 0.05) is 12.7 Å². The van der Waals surface area contributed by atoms with E-state index in [1.54, 1.807) is 35.2 Å². The first-order valence-electron chi connectivity index (χ1n) is 12.5. The first-order chi connectivity index (χ1) is 18.5. The second-order valence-corrected chi connectivity index (χ2v) is 7.68. The van der Waals surface area contributed by atoms with Crippen LogP contribution < -0.4 is 11.3 Å². The zero-order chi connectivity index (χ0) is 27.9. The number of aryl methyl sites for hydroxylation is 1. The molecule has 0 fully saturated rings. The van der Waals surface area contributed by atoms with Crippen LogP contribution in [0, 0.1) is 0 Å². The van der Waals surface area contributed by atoms with Gasteiger partial charge in [0.15, 0.2) is 23.0 Å². The van der Waals surface area contributed by atoms with Gasteiger partial charge in [-0.05, 0) is 49.6 Å². The van der Waals surface area contributed by atoms with E-state index in [-0.39, 0.29) is 17.3 Å². The molecule has 0 saturated heterocycles. The summed E-state index contributed by atoms with van der Waals surface area (Å²) in [6.45, 7) is 11.2. The number of pyridine rings is 1. The Labute approximate surface area is 222 Å². The van der Waals surface area contributed by atoms with Crippen LogP contribution in [-0.4, -0.2) is 31.4 Å². The lowest BCUT2D eigenvalue weighted by atomic mass is 10.2. The number of allylic oxidation sites excluding steroid dienone is 3. The second-order valence-electron chi connectivity index (χ2n) is 7.68. The van der Waals surface area contributed by atoms with Crippen LogP contribution in [0.2, 0.25) is 0 Å². The summed E-state index contributed by atoms with van der Waals surface area (Å²) in [4.78, 5) is 24.1. The Morgan fingerprint density at radius 1 is 1.18 bits per heavy atom. The van der Waals surface area contributed by atoms with E-state index in [0.29, 0.717) is 41.8 Å². The maximum absolute atomic E-state index is 13.0. The maximum atomic E-state index is 13.0.